The Kier molecular flexibility index (Phi) is 6.83. The number of nitro groups is 1. The highest BCUT2D eigenvalue weighted by Gasteiger charge is 2.18. The molecule has 27 heavy (non-hydrogen) atoms. The first kappa shape index (κ1) is 20.3. The van der Waals surface area contributed by atoms with Gasteiger partial charge in [0.25, 0.3) is 17.4 Å². The number of nitrogens with one attached hydrogen (secondary N) is 1. The monoisotopic (exact) mass is 396 g/mol. The summed E-state index contributed by atoms with van der Waals surface area (Å²) in [6, 6.07) is 9.56. The van der Waals surface area contributed by atoms with Gasteiger partial charge < -0.3 is 10.1 Å². The van der Waals surface area contributed by atoms with Crippen LogP contribution in [0, 0.1) is 17.0 Å². The number of esters is 1. The number of anilines is 1. The molecule has 0 aromatic heterocycles. The van der Waals surface area contributed by atoms with Gasteiger partial charge in [0.2, 0.25) is 0 Å². The van der Waals surface area contributed by atoms with E-state index in [-0.39, 0.29) is 27.9 Å². The topological polar surface area (TPSA) is 98.5 Å². The summed E-state index contributed by atoms with van der Waals surface area (Å²) in [5.41, 5.74) is 0.602. The predicted octanol–water partition coefficient (Wildman–Crippen LogP) is 4.01. The van der Waals surface area contributed by atoms with E-state index in [0.29, 0.717) is 11.3 Å². The molecule has 0 aliphatic rings. The Morgan fingerprint density at radius 1 is 1.26 bits per heavy atom. The molecule has 1 amide bonds. The maximum absolute atomic E-state index is 12.5. The van der Waals surface area contributed by atoms with Crippen LogP contribution in [0.3, 0.4) is 0 Å². The predicted molar refractivity (Wildman–Crippen MR) is 95.0 cm³/mol. The summed E-state index contributed by atoms with van der Waals surface area (Å²) in [7, 11) is 0. The molecule has 142 valence electrons. The largest absolute Gasteiger partial charge is 0.452 e. The normalized spacial score (nSPS) is 10.5. The summed E-state index contributed by atoms with van der Waals surface area (Å²) >= 11 is 0.206. The lowest BCUT2D eigenvalue weighted by molar-refractivity contribution is -0.384. The second-order valence-corrected chi connectivity index (χ2v) is 6.29. The number of non-ortho nitro benzene ring substituents is 1. The van der Waals surface area contributed by atoms with E-state index < -0.39 is 29.2 Å². The van der Waals surface area contributed by atoms with Crippen molar-refractivity contribution in [3.05, 3.63) is 63.7 Å². The second kappa shape index (κ2) is 9.08. The molecule has 0 aliphatic heterocycles. The van der Waals surface area contributed by atoms with Crippen LogP contribution in [0.2, 0.25) is 0 Å². The van der Waals surface area contributed by atoms with Crippen molar-refractivity contribution in [3.8, 4) is 0 Å². The lowest BCUT2D eigenvalue weighted by atomic mass is 10.2. The number of nitrogens with zero attached hydrogens (tertiary/aromatic N) is 1. The third kappa shape index (κ3) is 5.74. The maximum Gasteiger partial charge on any atom is 0.339 e. The van der Waals surface area contributed by atoms with Crippen LogP contribution in [0.1, 0.15) is 15.9 Å². The van der Waals surface area contributed by atoms with E-state index >= 15 is 0 Å². The summed E-state index contributed by atoms with van der Waals surface area (Å²) in [5, 5.41) is 13.2. The van der Waals surface area contributed by atoms with Crippen LogP contribution in [0.15, 0.2) is 47.4 Å². The van der Waals surface area contributed by atoms with Crippen molar-refractivity contribution in [3.63, 3.8) is 0 Å². The fraction of sp³-hybridized carbons (Fsp3) is 0.176. The minimum absolute atomic E-state index is 0.0455. The van der Waals surface area contributed by atoms with Gasteiger partial charge in [0.15, 0.2) is 6.61 Å². The Bertz CT molecular complexity index is 876. The average molecular weight is 396 g/mol. The molecule has 1 N–H and O–H groups in total. The standard InChI is InChI=1S/C17H14F2N2O5S/c1-10-8-11(21(24)25)6-7-13(10)20-15(22)9-26-16(23)12-4-2-3-5-14(12)27-17(18)19/h2-8,17H,9H2,1H3,(H,20,22). The fourth-order valence-electron chi connectivity index (χ4n) is 2.13. The zero-order chi connectivity index (χ0) is 20.0. The molecular weight excluding hydrogens is 382 g/mol. The lowest BCUT2D eigenvalue weighted by Gasteiger charge is -2.10. The van der Waals surface area contributed by atoms with E-state index in [9.17, 15) is 28.5 Å². The number of carbonyl (C=O) groups is 2. The van der Waals surface area contributed by atoms with Crippen molar-refractivity contribution in [2.45, 2.75) is 17.6 Å². The summed E-state index contributed by atoms with van der Waals surface area (Å²) in [4.78, 5) is 34.2. The van der Waals surface area contributed by atoms with Crippen molar-refractivity contribution in [2.75, 3.05) is 11.9 Å². The Morgan fingerprint density at radius 3 is 2.59 bits per heavy atom. The number of benzene rings is 2. The van der Waals surface area contributed by atoms with Gasteiger partial charge in [-0.1, -0.05) is 23.9 Å². The number of halogens is 2. The quantitative estimate of drug-likeness (QED) is 0.329. The van der Waals surface area contributed by atoms with Gasteiger partial charge in [0.05, 0.1) is 10.5 Å². The van der Waals surface area contributed by atoms with Crippen molar-refractivity contribution >= 4 is 35.0 Å². The van der Waals surface area contributed by atoms with Gasteiger partial charge in [0, 0.05) is 22.7 Å². The number of alkyl halides is 2. The van der Waals surface area contributed by atoms with E-state index in [0.717, 1.165) is 0 Å². The second-order valence-electron chi connectivity index (χ2n) is 5.26. The summed E-state index contributed by atoms with van der Waals surface area (Å²) in [6.45, 7) is 0.940. The number of aryl methyl sites for hydroxylation is 1. The smallest absolute Gasteiger partial charge is 0.339 e. The van der Waals surface area contributed by atoms with E-state index in [2.05, 4.69) is 5.32 Å². The molecule has 0 bridgehead atoms. The number of hydrogen-bond acceptors (Lipinski definition) is 6. The van der Waals surface area contributed by atoms with Gasteiger partial charge in [0.1, 0.15) is 0 Å². The van der Waals surface area contributed by atoms with E-state index in [1.54, 1.807) is 6.92 Å². The first-order valence-corrected chi connectivity index (χ1v) is 8.41. The zero-order valence-electron chi connectivity index (χ0n) is 14.0. The highest BCUT2D eigenvalue weighted by Crippen LogP contribution is 2.28. The first-order chi connectivity index (χ1) is 12.8. The van der Waals surface area contributed by atoms with Gasteiger partial charge in [-0.2, -0.15) is 8.78 Å². The average Bonchev–Trinajstić information content (AvgIpc) is 2.61. The summed E-state index contributed by atoms with van der Waals surface area (Å²) < 4.78 is 30.0. The van der Waals surface area contributed by atoms with Gasteiger partial charge in [-0.05, 0) is 30.7 Å². The van der Waals surface area contributed by atoms with E-state index in [1.165, 1.54) is 42.5 Å². The summed E-state index contributed by atoms with van der Waals surface area (Å²) in [5.74, 6) is -4.28. The SMILES string of the molecule is Cc1cc([N+](=O)[O-])ccc1NC(=O)COC(=O)c1ccccc1SC(F)F. The van der Waals surface area contributed by atoms with Crippen LogP contribution in [0.25, 0.3) is 0 Å². The molecule has 0 radical (unpaired) electrons. The molecule has 0 aliphatic carbocycles. The van der Waals surface area contributed by atoms with Crippen molar-refractivity contribution < 1.29 is 28.0 Å². The highest BCUT2D eigenvalue weighted by molar-refractivity contribution is 7.99. The molecule has 0 heterocycles. The third-order valence-corrected chi connectivity index (χ3v) is 4.14. The van der Waals surface area contributed by atoms with Crippen LogP contribution in [-0.2, 0) is 9.53 Å². The number of nitro benzene ring substituents is 1. The molecule has 0 fully saturated rings. The van der Waals surface area contributed by atoms with Crippen LogP contribution >= 0.6 is 11.8 Å². The van der Waals surface area contributed by atoms with Gasteiger partial charge >= 0.3 is 5.97 Å². The highest BCUT2D eigenvalue weighted by atomic mass is 32.2. The Labute approximate surface area is 156 Å². The molecule has 0 unspecified atom stereocenters. The van der Waals surface area contributed by atoms with Crippen LogP contribution in [-0.4, -0.2) is 29.2 Å². The number of rotatable bonds is 7. The lowest BCUT2D eigenvalue weighted by Crippen LogP contribution is -2.21. The molecule has 7 nitrogen and oxygen atoms in total. The van der Waals surface area contributed by atoms with Crippen molar-refractivity contribution in [1.82, 2.24) is 0 Å². The number of amides is 1. The molecule has 10 heteroatoms. The Balaban J connectivity index is 1.98. The molecule has 2 aromatic carbocycles. The van der Waals surface area contributed by atoms with Gasteiger partial charge in [-0.3, -0.25) is 14.9 Å². The van der Waals surface area contributed by atoms with E-state index in [1.807, 2.05) is 0 Å². The molecule has 2 rings (SSSR count). The third-order valence-electron chi connectivity index (χ3n) is 3.35. The van der Waals surface area contributed by atoms with Crippen LogP contribution < -0.4 is 5.32 Å². The Morgan fingerprint density at radius 2 is 1.96 bits per heavy atom. The molecule has 0 spiro atoms. The molecular formula is C17H14F2N2O5S. The van der Waals surface area contributed by atoms with Gasteiger partial charge in [-0.25, -0.2) is 4.79 Å². The van der Waals surface area contributed by atoms with E-state index in [4.69, 9.17) is 4.74 Å². The van der Waals surface area contributed by atoms with Gasteiger partial charge in [-0.15, -0.1) is 0 Å². The molecule has 0 saturated carbocycles. The molecule has 0 saturated heterocycles. The summed E-state index contributed by atoms with van der Waals surface area (Å²) in [6.07, 6.45) is 0. The van der Waals surface area contributed by atoms with Crippen molar-refractivity contribution in [2.24, 2.45) is 0 Å². The number of thioether (sulfide) groups is 1. The number of ether oxygens (including phenoxy) is 1. The first-order valence-electron chi connectivity index (χ1n) is 7.54. The molecule has 0 atom stereocenters. The maximum atomic E-state index is 12.5. The van der Waals surface area contributed by atoms with Crippen LogP contribution in [0.5, 0.6) is 0 Å². The number of hydrogen-bond donors (Lipinski definition) is 1. The fourth-order valence-corrected chi connectivity index (χ4v) is 2.76. The zero-order valence-corrected chi connectivity index (χ0v) is 14.8. The Hall–Kier alpha value is -3.01. The van der Waals surface area contributed by atoms with Crippen molar-refractivity contribution in [1.29, 1.82) is 0 Å². The van der Waals surface area contributed by atoms with Crippen LogP contribution in [0.4, 0.5) is 20.2 Å². The number of carbonyl (C=O) groups excluding carboxylic acids is 2. The minimum Gasteiger partial charge on any atom is -0.452 e. The minimum atomic E-state index is -2.70. The molecule has 2 aromatic rings.